The zero-order valence-electron chi connectivity index (χ0n) is 12.6. The summed E-state index contributed by atoms with van der Waals surface area (Å²) in [6, 6.07) is 26.5. The Hall–Kier alpha value is -2.74. The van der Waals surface area contributed by atoms with E-state index >= 15 is 0 Å². The molecule has 1 heterocycles. The highest BCUT2D eigenvalue weighted by Crippen LogP contribution is 2.33. The van der Waals surface area contributed by atoms with E-state index in [4.69, 9.17) is 4.99 Å². The number of hydrogen-bond acceptors (Lipinski definition) is 2. The third-order valence-corrected chi connectivity index (χ3v) is 3.81. The maximum absolute atomic E-state index is 4.88. The van der Waals surface area contributed by atoms with Crippen LogP contribution in [0.3, 0.4) is 0 Å². The van der Waals surface area contributed by atoms with Crippen molar-refractivity contribution in [1.29, 1.82) is 0 Å². The summed E-state index contributed by atoms with van der Waals surface area (Å²) >= 11 is 0. The molecule has 0 atom stereocenters. The summed E-state index contributed by atoms with van der Waals surface area (Å²) in [5.74, 6) is 0. The number of benzene rings is 2. The van der Waals surface area contributed by atoms with E-state index in [2.05, 4.69) is 36.2 Å². The van der Waals surface area contributed by atoms with Gasteiger partial charge < -0.3 is 0 Å². The molecule has 3 rings (SSSR count). The highest BCUT2D eigenvalue weighted by Gasteiger charge is 2.27. The molecule has 0 unspecified atom stereocenters. The van der Waals surface area contributed by atoms with Crippen LogP contribution in [-0.2, 0) is 5.54 Å². The largest absolute Gasteiger partial charge is 0.275 e. The van der Waals surface area contributed by atoms with Gasteiger partial charge in [0.25, 0.3) is 0 Å². The lowest BCUT2D eigenvalue weighted by Gasteiger charge is -2.26. The Morgan fingerprint density at radius 1 is 0.773 bits per heavy atom. The van der Waals surface area contributed by atoms with Crippen LogP contribution >= 0.6 is 0 Å². The molecule has 3 aromatic rings. The second kappa shape index (κ2) is 6.35. The van der Waals surface area contributed by atoms with E-state index in [1.165, 1.54) is 0 Å². The third-order valence-electron chi connectivity index (χ3n) is 3.81. The summed E-state index contributed by atoms with van der Waals surface area (Å²) in [5, 5.41) is 0. The molecule has 0 aliphatic carbocycles. The van der Waals surface area contributed by atoms with E-state index in [0.717, 1.165) is 16.8 Å². The predicted molar refractivity (Wildman–Crippen MR) is 91.2 cm³/mol. The first-order valence-electron chi connectivity index (χ1n) is 7.36. The fraction of sp³-hybridized carbons (Fsp3) is 0.100. The van der Waals surface area contributed by atoms with Crippen LogP contribution in [0.5, 0.6) is 0 Å². The SMILES string of the molecule is CC(N=Cc1ccccn1)(c1ccccc1)c1ccccc1. The smallest absolute Gasteiger partial charge is 0.108 e. The van der Waals surface area contributed by atoms with E-state index < -0.39 is 5.54 Å². The number of pyridine rings is 1. The topological polar surface area (TPSA) is 25.2 Å². The van der Waals surface area contributed by atoms with Crippen LogP contribution < -0.4 is 0 Å². The normalized spacial score (nSPS) is 11.7. The van der Waals surface area contributed by atoms with Crippen LogP contribution in [0.25, 0.3) is 0 Å². The molecule has 0 amide bonds. The monoisotopic (exact) mass is 286 g/mol. The molecule has 0 aliphatic heterocycles. The van der Waals surface area contributed by atoms with Crippen molar-refractivity contribution in [2.24, 2.45) is 4.99 Å². The molecule has 0 aliphatic rings. The van der Waals surface area contributed by atoms with Gasteiger partial charge in [0.1, 0.15) is 5.54 Å². The molecule has 22 heavy (non-hydrogen) atoms. The second-order valence-corrected chi connectivity index (χ2v) is 5.32. The first-order valence-corrected chi connectivity index (χ1v) is 7.36. The van der Waals surface area contributed by atoms with Crippen LogP contribution in [-0.4, -0.2) is 11.2 Å². The van der Waals surface area contributed by atoms with Crippen molar-refractivity contribution in [2.75, 3.05) is 0 Å². The van der Waals surface area contributed by atoms with Crippen molar-refractivity contribution < 1.29 is 0 Å². The van der Waals surface area contributed by atoms with Crippen LogP contribution in [0.1, 0.15) is 23.7 Å². The van der Waals surface area contributed by atoms with Gasteiger partial charge in [-0.1, -0.05) is 66.7 Å². The summed E-state index contributed by atoms with van der Waals surface area (Å²) in [4.78, 5) is 9.20. The van der Waals surface area contributed by atoms with E-state index in [0.29, 0.717) is 0 Å². The minimum Gasteiger partial charge on any atom is -0.275 e. The van der Waals surface area contributed by atoms with Crippen molar-refractivity contribution in [2.45, 2.75) is 12.5 Å². The quantitative estimate of drug-likeness (QED) is 0.650. The average Bonchev–Trinajstić information content (AvgIpc) is 2.62. The maximum atomic E-state index is 4.88. The van der Waals surface area contributed by atoms with Gasteiger partial charge in [-0.25, -0.2) is 0 Å². The minimum atomic E-state index is -0.431. The second-order valence-electron chi connectivity index (χ2n) is 5.32. The van der Waals surface area contributed by atoms with Gasteiger partial charge >= 0.3 is 0 Å². The van der Waals surface area contributed by atoms with Gasteiger partial charge in [0, 0.05) is 12.4 Å². The molecular formula is C20H18N2. The van der Waals surface area contributed by atoms with Gasteiger partial charge in [-0.2, -0.15) is 0 Å². The number of rotatable bonds is 4. The number of nitrogens with zero attached hydrogens (tertiary/aromatic N) is 2. The lowest BCUT2D eigenvalue weighted by Crippen LogP contribution is -2.21. The molecule has 108 valence electrons. The minimum absolute atomic E-state index is 0.431. The van der Waals surface area contributed by atoms with Gasteiger partial charge in [0.15, 0.2) is 0 Å². The number of aliphatic imine (C=N–C) groups is 1. The Morgan fingerprint density at radius 3 is 1.82 bits per heavy atom. The fourth-order valence-corrected chi connectivity index (χ4v) is 2.49. The predicted octanol–water partition coefficient (Wildman–Crippen LogP) is 4.46. The van der Waals surface area contributed by atoms with E-state index in [9.17, 15) is 0 Å². The van der Waals surface area contributed by atoms with Crippen LogP contribution in [0.2, 0.25) is 0 Å². The van der Waals surface area contributed by atoms with E-state index in [1.54, 1.807) is 6.20 Å². The Bertz CT molecular complexity index is 695. The summed E-state index contributed by atoms with van der Waals surface area (Å²) in [7, 11) is 0. The zero-order chi connectivity index (χ0) is 15.3. The molecule has 2 heteroatoms. The van der Waals surface area contributed by atoms with Crippen LogP contribution in [0.4, 0.5) is 0 Å². The van der Waals surface area contributed by atoms with Crippen LogP contribution in [0.15, 0.2) is 90.1 Å². The number of hydrogen-bond donors (Lipinski definition) is 0. The van der Waals surface area contributed by atoms with Crippen molar-refractivity contribution in [3.63, 3.8) is 0 Å². The molecule has 0 N–H and O–H groups in total. The molecule has 0 saturated heterocycles. The zero-order valence-corrected chi connectivity index (χ0v) is 12.6. The van der Waals surface area contributed by atoms with Gasteiger partial charge in [-0.3, -0.25) is 9.98 Å². The van der Waals surface area contributed by atoms with Crippen molar-refractivity contribution >= 4 is 6.21 Å². The molecule has 0 saturated carbocycles. The van der Waals surface area contributed by atoms with Gasteiger partial charge in [-0.05, 0) is 30.2 Å². The summed E-state index contributed by atoms with van der Waals surface area (Å²) in [6.07, 6.45) is 3.63. The summed E-state index contributed by atoms with van der Waals surface area (Å²) in [5.41, 5.74) is 2.75. The third kappa shape index (κ3) is 2.96. The summed E-state index contributed by atoms with van der Waals surface area (Å²) in [6.45, 7) is 2.14. The average molecular weight is 286 g/mol. The highest BCUT2D eigenvalue weighted by atomic mass is 14.9. The first-order chi connectivity index (χ1) is 10.8. The van der Waals surface area contributed by atoms with Crippen molar-refractivity contribution in [3.8, 4) is 0 Å². The standard InChI is InChI=1S/C20H18N2/c1-20(17-10-4-2-5-11-17,18-12-6-3-7-13-18)22-16-19-14-8-9-15-21-19/h2-16H,1H3. The maximum Gasteiger partial charge on any atom is 0.108 e. The molecule has 1 aromatic heterocycles. The Morgan fingerprint density at radius 2 is 1.32 bits per heavy atom. The molecule has 0 bridgehead atoms. The molecule has 2 nitrogen and oxygen atoms in total. The Labute approximate surface area is 131 Å². The molecule has 0 spiro atoms. The van der Waals surface area contributed by atoms with E-state index in [1.807, 2.05) is 60.8 Å². The summed E-state index contributed by atoms with van der Waals surface area (Å²) < 4.78 is 0. The molecule has 0 radical (unpaired) electrons. The number of aromatic nitrogens is 1. The van der Waals surface area contributed by atoms with Gasteiger partial charge in [0.05, 0.1) is 5.69 Å². The lowest BCUT2D eigenvalue weighted by atomic mass is 9.85. The molecule has 2 aromatic carbocycles. The van der Waals surface area contributed by atoms with Gasteiger partial charge in [0.2, 0.25) is 0 Å². The van der Waals surface area contributed by atoms with Crippen molar-refractivity contribution in [3.05, 3.63) is 102 Å². The lowest BCUT2D eigenvalue weighted by molar-refractivity contribution is 0.610. The highest BCUT2D eigenvalue weighted by molar-refractivity contribution is 5.77. The van der Waals surface area contributed by atoms with Crippen LogP contribution in [0, 0.1) is 0 Å². The first kappa shape index (κ1) is 14.2. The molecular weight excluding hydrogens is 268 g/mol. The van der Waals surface area contributed by atoms with Crippen molar-refractivity contribution in [1.82, 2.24) is 4.98 Å². The fourth-order valence-electron chi connectivity index (χ4n) is 2.49. The van der Waals surface area contributed by atoms with Gasteiger partial charge in [-0.15, -0.1) is 0 Å². The Kier molecular flexibility index (Phi) is 4.10. The Balaban J connectivity index is 2.06. The molecule has 0 fully saturated rings. The van der Waals surface area contributed by atoms with E-state index in [-0.39, 0.29) is 0 Å².